The van der Waals surface area contributed by atoms with Crippen molar-refractivity contribution in [1.29, 1.82) is 0 Å². The number of amides is 2. The molecule has 1 fully saturated rings. The van der Waals surface area contributed by atoms with Gasteiger partial charge in [-0.15, -0.1) is 0 Å². The molecule has 16 heteroatoms. The van der Waals surface area contributed by atoms with Crippen LogP contribution in [0.3, 0.4) is 0 Å². The predicted octanol–water partition coefficient (Wildman–Crippen LogP) is 2.84. The number of rotatable bonds is 6. The van der Waals surface area contributed by atoms with Crippen LogP contribution in [0.2, 0.25) is 5.02 Å². The number of nitrogens with zero attached hydrogens (tertiary/aromatic N) is 6. The molecule has 232 valence electrons. The van der Waals surface area contributed by atoms with Crippen molar-refractivity contribution in [3.05, 3.63) is 63.2 Å². The number of phenols is 1. The number of anilines is 2. The molecule has 4 N–H and O–H groups in total. The summed E-state index contributed by atoms with van der Waals surface area (Å²) in [5.41, 5.74) is 2.94. The lowest BCUT2D eigenvalue weighted by Gasteiger charge is -2.44. The van der Waals surface area contributed by atoms with Gasteiger partial charge >= 0.3 is 0 Å². The highest BCUT2D eigenvalue weighted by Crippen LogP contribution is 2.36. The first-order valence-electron chi connectivity index (χ1n) is 13.4. The molecular weight excluding hydrogens is 605 g/mol. The van der Waals surface area contributed by atoms with Gasteiger partial charge in [0, 0.05) is 55.6 Å². The van der Waals surface area contributed by atoms with Crippen LogP contribution >= 0.6 is 11.6 Å². The molecule has 0 unspecified atom stereocenters. The number of piperazine rings is 1. The third kappa shape index (κ3) is 5.32. The number of nitrogens with two attached hydrogens (primary N) is 1. The minimum Gasteiger partial charge on any atom is -0.504 e. The van der Waals surface area contributed by atoms with Crippen LogP contribution < -0.4 is 21.5 Å². The van der Waals surface area contributed by atoms with Gasteiger partial charge in [0.2, 0.25) is 17.7 Å². The largest absolute Gasteiger partial charge is 0.504 e. The Labute approximate surface area is 253 Å². The van der Waals surface area contributed by atoms with Crippen LogP contribution in [-0.4, -0.2) is 73.1 Å². The number of carbonyl (C=O) groups is 2. The Morgan fingerprint density at radius 2 is 1.77 bits per heavy atom. The van der Waals surface area contributed by atoms with Crippen molar-refractivity contribution < 1.29 is 27.9 Å². The molecule has 3 aromatic heterocycles. The zero-order chi connectivity index (χ0) is 32.2. The number of aromatic hydroxyl groups is 1. The van der Waals surface area contributed by atoms with Crippen molar-refractivity contribution in [2.45, 2.75) is 32.5 Å². The van der Waals surface area contributed by atoms with Crippen LogP contribution in [0.25, 0.3) is 22.2 Å². The van der Waals surface area contributed by atoms with E-state index >= 15 is 4.39 Å². The monoisotopic (exact) mass is 632 g/mol. The van der Waals surface area contributed by atoms with Crippen LogP contribution in [0, 0.1) is 17.6 Å². The van der Waals surface area contributed by atoms with Gasteiger partial charge in [0.15, 0.2) is 11.6 Å². The second-order valence-electron chi connectivity index (χ2n) is 10.8. The molecule has 2 atom stereocenters. The van der Waals surface area contributed by atoms with Crippen molar-refractivity contribution in [1.82, 2.24) is 24.0 Å². The number of nitrogens with one attached hydrogen (secondary N) is 1. The fraction of sp³-hybridized carbons (Fsp3) is 0.321. The topological polar surface area (TPSA) is 152 Å². The van der Waals surface area contributed by atoms with Gasteiger partial charge in [-0.2, -0.15) is 8.78 Å². The van der Waals surface area contributed by atoms with Crippen molar-refractivity contribution in [3.63, 3.8) is 0 Å². The highest BCUT2D eigenvalue weighted by atomic mass is 35.5. The second kappa shape index (κ2) is 11.5. The normalized spacial score (nSPS) is 17.3. The summed E-state index contributed by atoms with van der Waals surface area (Å²) in [5.74, 6) is -7.24. The Morgan fingerprint density at radius 3 is 2.41 bits per heavy atom. The molecule has 12 nitrogen and oxygen atoms in total. The van der Waals surface area contributed by atoms with Crippen molar-refractivity contribution in [3.8, 4) is 16.9 Å². The van der Waals surface area contributed by atoms with Crippen LogP contribution in [0.15, 0.2) is 29.5 Å². The van der Waals surface area contributed by atoms with E-state index in [0.29, 0.717) is 13.1 Å². The van der Waals surface area contributed by atoms with Gasteiger partial charge in [-0.25, -0.2) is 14.4 Å². The number of fused-ring (bicyclic) bond motifs is 1. The summed E-state index contributed by atoms with van der Waals surface area (Å²) < 4.78 is 46.8. The van der Waals surface area contributed by atoms with E-state index in [2.05, 4.69) is 20.2 Å². The molecule has 1 aliphatic rings. The summed E-state index contributed by atoms with van der Waals surface area (Å²) in [7, 11) is 3.36. The Balaban J connectivity index is 1.54. The fourth-order valence-electron chi connectivity index (χ4n) is 5.68. The van der Waals surface area contributed by atoms with Crippen LogP contribution in [0.5, 0.6) is 5.75 Å². The average molecular weight is 633 g/mol. The molecule has 0 aliphatic carbocycles. The van der Waals surface area contributed by atoms with E-state index in [1.807, 2.05) is 25.8 Å². The summed E-state index contributed by atoms with van der Waals surface area (Å²) >= 11 is 6.17. The predicted molar refractivity (Wildman–Crippen MR) is 157 cm³/mol. The second-order valence-corrected chi connectivity index (χ2v) is 11.2. The van der Waals surface area contributed by atoms with Crippen LogP contribution in [0.1, 0.15) is 24.2 Å². The van der Waals surface area contributed by atoms with Crippen LogP contribution in [0.4, 0.5) is 24.7 Å². The van der Waals surface area contributed by atoms with E-state index in [1.54, 1.807) is 0 Å². The molecule has 1 saturated heterocycles. The Kier molecular flexibility index (Phi) is 8.03. The number of aryl methyl sites for hydroxylation is 1. The zero-order valence-corrected chi connectivity index (χ0v) is 24.8. The number of carbonyl (C=O) groups excluding carboxylic acids is 2. The third-order valence-electron chi connectivity index (χ3n) is 7.53. The number of aromatic nitrogens is 4. The van der Waals surface area contributed by atoms with Crippen LogP contribution in [-0.2, 0) is 18.4 Å². The Morgan fingerprint density at radius 1 is 1.11 bits per heavy atom. The highest BCUT2D eigenvalue weighted by Gasteiger charge is 2.30. The number of benzene rings is 1. The summed E-state index contributed by atoms with van der Waals surface area (Å²) in [6.45, 7) is 4.85. The van der Waals surface area contributed by atoms with E-state index in [4.69, 9.17) is 17.3 Å². The Bertz CT molecular complexity index is 1880. The maximum absolute atomic E-state index is 15.1. The highest BCUT2D eigenvalue weighted by molar-refractivity contribution is 6.33. The fourth-order valence-corrected chi connectivity index (χ4v) is 5.83. The molecule has 0 saturated carbocycles. The lowest BCUT2D eigenvalue weighted by atomic mass is 10.0. The lowest BCUT2D eigenvalue weighted by molar-refractivity contribution is -0.116. The number of hydrogen-bond donors (Lipinski definition) is 3. The quantitative estimate of drug-likeness (QED) is 0.275. The number of hydrogen-bond acceptors (Lipinski definition) is 8. The van der Waals surface area contributed by atoms with Gasteiger partial charge < -0.3 is 35.1 Å². The first-order chi connectivity index (χ1) is 20.7. The van der Waals surface area contributed by atoms with Gasteiger partial charge in [-0.3, -0.25) is 14.4 Å². The van der Waals surface area contributed by atoms with Crippen molar-refractivity contribution in [2.24, 2.45) is 12.8 Å². The van der Waals surface area contributed by atoms with E-state index in [0.717, 1.165) is 10.6 Å². The molecule has 4 aromatic rings. The molecular formula is C28H28ClF3N8O4. The molecule has 1 aromatic carbocycles. The summed E-state index contributed by atoms with van der Waals surface area (Å²) in [5, 5.41) is 11.8. The molecule has 44 heavy (non-hydrogen) atoms. The minimum absolute atomic E-state index is 0.0149. The maximum Gasteiger partial charge on any atom is 0.263 e. The average Bonchev–Trinajstić information content (AvgIpc) is 3.29. The van der Waals surface area contributed by atoms with Gasteiger partial charge in [0.1, 0.15) is 23.0 Å². The smallest absolute Gasteiger partial charge is 0.263 e. The van der Waals surface area contributed by atoms with E-state index in [-0.39, 0.29) is 40.2 Å². The molecule has 0 spiro atoms. The first-order valence-corrected chi connectivity index (χ1v) is 13.8. The number of halogens is 4. The van der Waals surface area contributed by atoms with Crippen molar-refractivity contribution in [2.75, 3.05) is 30.4 Å². The first kappa shape index (κ1) is 30.8. The summed E-state index contributed by atoms with van der Waals surface area (Å²) in [6, 6.07) is 2.25. The number of primary amides is 1. The van der Waals surface area contributed by atoms with Crippen molar-refractivity contribution >= 4 is 46.0 Å². The van der Waals surface area contributed by atoms with Gasteiger partial charge in [-0.05, 0) is 27.0 Å². The number of pyridine rings is 1. The SMILES string of the molecule is C[C@@H]1CN(C)C[C@H](C)N1c1cc(NC(=O)Cn2cc(-c3cc(C(N)=O)c(O)c(F)c3F)c3c(=O)n(C)cnc32)c(Cl)c(F)n1. The third-order valence-corrected chi connectivity index (χ3v) is 7.89. The Hall–Kier alpha value is -4.63. The molecule has 0 radical (unpaired) electrons. The maximum atomic E-state index is 15.1. The summed E-state index contributed by atoms with van der Waals surface area (Å²) in [4.78, 5) is 50.4. The summed E-state index contributed by atoms with van der Waals surface area (Å²) in [6.07, 6.45) is 2.34. The van der Waals surface area contributed by atoms with E-state index in [1.165, 1.54) is 30.2 Å². The molecule has 4 heterocycles. The molecule has 1 aliphatic heterocycles. The zero-order valence-electron chi connectivity index (χ0n) is 24.0. The molecule has 2 amide bonds. The van der Waals surface area contributed by atoms with E-state index < -0.39 is 63.4 Å². The van der Waals surface area contributed by atoms with E-state index in [9.17, 15) is 28.3 Å². The van der Waals surface area contributed by atoms with Gasteiger partial charge in [-0.1, -0.05) is 11.6 Å². The minimum atomic E-state index is -1.75. The standard InChI is InChI=1S/C28H28ClF3N8O4/c1-12-7-37(3)8-13(2)40(12)18-6-17(21(29)25(32)36-18)35-19(41)10-39-9-16(20-27(39)34-11-38(4)28(20)44)14-5-15(26(33)43)24(42)23(31)22(14)30/h5-6,9,11-13,42H,7-8,10H2,1-4H3,(H2,33,43)(H,35,36,41)/t12-,13+. The molecule has 0 bridgehead atoms. The lowest BCUT2D eigenvalue weighted by Crippen LogP contribution is -2.56. The number of likely N-dealkylation sites (N-methyl/N-ethyl adjacent to an activating group) is 1. The van der Waals surface area contributed by atoms with Gasteiger partial charge in [0.05, 0.1) is 23.0 Å². The van der Waals surface area contributed by atoms with Gasteiger partial charge in [0.25, 0.3) is 11.5 Å². The molecule has 5 rings (SSSR count).